The van der Waals surface area contributed by atoms with Gasteiger partial charge in [0.05, 0.1) is 21.6 Å². The second kappa shape index (κ2) is 6.70. The van der Waals surface area contributed by atoms with Crippen LogP contribution in [0.1, 0.15) is 37.0 Å². The number of likely N-dealkylation sites (tertiary alicyclic amines) is 1. The maximum absolute atomic E-state index is 12.7. The molecule has 0 unspecified atom stereocenters. The van der Waals surface area contributed by atoms with E-state index in [0.717, 1.165) is 0 Å². The van der Waals surface area contributed by atoms with Crippen molar-refractivity contribution in [2.45, 2.75) is 36.8 Å². The smallest absolute Gasteiger partial charge is 0.308 e. The Kier molecular flexibility index (Phi) is 5.09. The highest BCUT2D eigenvalue weighted by molar-refractivity contribution is 7.92. The number of carbonyl (C=O) groups excluding carboxylic acids is 1. The summed E-state index contributed by atoms with van der Waals surface area (Å²) in [6, 6.07) is 6.12. The number of hydrogen-bond acceptors (Lipinski definition) is 4. The molecule has 1 aliphatic rings. The standard InChI is InChI=1S/C16H21NO5S/c1-11(2)23(21,22)14-8-4-3-7-13(14)15(18)17-9-5-6-12(10-17)16(19)20/h3-4,7-8,11-12H,5-6,9-10H2,1-2H3,(H,19,20)/t12-/m0/s1. The number of carboxylic acid groups (broad SMARTS) is 1. The number of nitrogens with zero attached hydrogens (tertiary/aromatic N) is 1. The molecule has 1 amide bonds. The summed E-state index contributed by atoms with van der Waals surface area (Å²) >= 11 is 0. The van der Waals surface area contributed by atoms with Gasteiger partial charge in [-0.3, -0.25) is 9.59 Å². The highest BCUT2D eigenvalue weighted by Crippen LogP contribution is 2.24. The largest absolute Gasteiger partial charge is 0.481 e. The summed E-state index contributed by atoms with van der Waals surface area (Å²) in [6.45, 7) is 3.69. The Balaban J connectivity index is 2.36. The minimum Gasteiger partial charge on any atom is -0.481 e. The fraction of sp³-hybridized carbons (Fsp3) is 0.500. The first kappa shape index (κ1) is 17.5. The van der Waals surface area contributed by atoms with Crippen LogP contribution in [0.4, 0.5) is 0 Å². The van der Waals surface area contributed by atoms with Crippen molar-refractivity contribution in [2.24, 2.45) is 5.92 Å². The van der Waals surface area contributed by atoms with Crippen molar-refractivity contribution in [2.75, 3.05) is 13.1 Å². The van der Waals surface area contributed by atoms with E-state index in [2.05, 4.69) is 0 Å². The van der Waals surface area contributed by atoms with Crippen molar-refractivity contribution in [3.05, 3.63) is 29.8 Å². The van der Waals surface area contributed by atoms with Crippen molar-refractivity contribution in [3.63, 3.8) is 0 Å². The molecule has 7 heteroatoms. The molecule has 126 valence electrons. The second-order valence-corrected chi connectivity index (χ2v) is 8.49. The van der Waals surface area contributed by atoms with Gasteiger partial charge in [-0.25, -0.2) is 8.42 Å². The van der Waals surface area contributed by atoms with Crippen LogP contribution in [0, 0.1) is 5.92 Å². The molecule has 6 nitrogen and oxygen atoms in total. The van der Waals surface area contributed by atoms with Gasteiger partial charge in [0, 0.05) is 13.1 Å². The van der Waals surface area contributed by atoms with E-state index >= 15 is 0 Å². The van der Waals surface area contributed by atoms with E-state index in [9.17, 15) is 18.0 Å². The number of aliphatic carboxylic acids is 1. The lowest BCUT2D eigenvalue weighted by molar-refractivity contribution is -0.143. The van der Waals surface area contributed by atoms with Crippen LogP contribution < -0.4 is 0 Å². The fourth-order valence-electron chi connectivity index (χ4n) is 2.68. The quantitative estimate of drug-likeness (QED) is 0.903. The summed E-state index contributed by atoms with van der Waals surface area (Å²) in [5, 5.41) is 8.50. The molecule has 0 aliphatic carbocycles. The maximum atomic E-state index is 12.7. The molecule has 1 saturated heterocycles. The third-order valence-corrected chi connectivity index (χ3v) is 6.31. The van der Waals surface area contributed by atoms with Crippen LogP contribution in [-0.4, -0.2) is 48.6 Å². The first-order valence-electron chi connectivity index (χ1n) is 7.60. The number of benzene rings is 1. The average Bonchev–Trinajstić information content (AvgIpc) is 2.54. The highest BCUT2D eigenvalue weighted by atomic mass is 32.2. The molecule has 1 fully saturated rings. The molecular formula is C16H21NO5S. The topological polar surface area (TPSA) is 91.8 Å². The Morgan fingerprint density at radius 1 is 1.26 bits per heavy atom. The number of rotatable bonds is 4. The SMILES string of the molecule is CC(C)S(=O)(=O)c1ccccc1C(=O)N1CCC[C@H](C(=O)O)C1. The van der Waals surface area contributed by atoms with Gasteiger partial charge < -0.3 is 10.0 Å². The molecule has 0 bridgehead atoms. The van der Waals surface area contributed by atoms with Crippen molar-refractivity contribution in [1.82, 2.24) is 4.90 Å². The third kappa shape index (κ3) is 3.55. The van der Waals surface area contributed by atoms with E-state index < -0.39 is 32.9 Å². The zero-order valence-corrected chi connectivity index (χ0v) is 14.0. The van der Waals surface area contributed by atoms with Crippen molar-refractivity contribution in [1.29, 1.82) is 0 Å². The molecule has 0 spiro atoms. The summed E-state index contributed by atoms with van der Waals surface area (Å²) in [5.74, 6) is -1.94. The van der Waals surface area contributed by atoms with Gasteiger partial charge in [-0.1, -0.05) is 12.1 Å². The fourth-order valence-corrected chi connectivity index (χ4v) is 3.92. The van der Waals surface area contributed by atoms with Crippen LogP contribution in [0.5, 0.6) is 0 Å². The molecular weight excluding hydrogens is 318 g/mol. The molecule has 0 saturated carbocycles. The van der Waals surface area contributed by atoms with E-state index in [1.165, 1.54) is 17.0 Å². The molecule has 23 heavy (non-hydrogen) atoms. The van der Waals surface area contributed by atoms with Crippen LogP contribution in [0.3, 0.4) is 0 Å². The minimum absolute atomic E-state index is 0.0115. The first-order valence-corrected chi connectivity index (χ1v) is 9.14. The van der Waals surface area contributed by atoms with Crippen LogP contribution in [-0.2, 0) is 14.6 Å². The predicted octanol–water partition coefficient (Wildman–Crippen LogP) is 1.81. The van der Waals surface area contributed by atoms with E-state index in [4.69, 9.17) is 5.11 Å². The van der Waals surface area contributed by atoms with Gasteiger partial charge in [0.25, 0.3) is 5.91 Å². The van der Waals surface area contributed by atoms with Crippen molar-refractivity contribution < 1.29 is 23.1 Å². The normalized spacial score (nSPS) is 18.9. The van der Waals surface area contributed by atoms with Crippen LogP contribution >= 0.6 is 0 Å². The lowest BCUT2D eigenvalue weighted by atomic mass is 9.97. The molecule has 1 heterocycles. The highest BCUT2D eigenvalue weighted by Gasteiger charge is 2.32. The van der Waals surface area contributed by atoms with Crippen molar-refractivity contribution >= 4 is 21.7 Å². The number of amides is 1. The number of carbonyl (C=O) groups is 2. The van der Waals surface area contributed by atoms with Crippen LogP contribution in [0.15, 0.2) is 29.2 Å². The van der Waals surface area contributed by atoms with Crippen LogP contribution in [0.25, 0.3) is 0 Å². The zero-order chi connectivity index (χ0) is 17.2. The van der Waals surface area contributed by atoms with E-state index in [1.54, 1.807) is 26.0 Å². The number of piperidine rings is 1. The number of hydrogen-bond donors (Lipinski definition) is 1. The molecule has 0 aromatic heterocycles. The zero-order valence-electron chi connectivity index (χ0n) is 13.2. The average molecular weight is 339 g/mol. The van der Waals surface area contributed by atoms with Gasteiger partial charge in [0.15, 0.2) is 9.84 Å². The Labute approximate surface area is 136 Å². The third-order valence-electron chi connectivity index (χ3n) is 4.10. The van der Waals surface area contributed by atoms with Gasteiger partial charge in [-0.2, -0.15) is 0 Å². The van der Waals surface area contributed by atoms with Gasteiger partial charge in [-0.15, -0.1) is 0 Å². The molecule has 0 radical (unpaired) electrons. The van der Waals surface area contributed by atoms with Gasteiger partial charge in [0.2, 0.25) is 0 Å². The van der Waals surface area contributed by atoms with Crippen LogP contribution in [0.2, 0.25) is 0 Å². The molecule has 1 aromatic carbocycles. The molecule has 1 aliphatic heterocycles. The molecule has 1 N–H and O–H groups in total. The monoisotopic (exact) mass is 339 g/mol. The summed E-state index contributed by atoms with van der Waals surface area (Å²) in [6.07, 6.45) is 1.13. The Morgan fingerprint density at radius 2 is 1.91 bits per heavy atom. The first-order chi connectivity index (χ1) is 10.7. The lowest BCUT2D eigenvalue weighted by Gasteiger charge is -2.31. The maximum Gasteiger partial charge on any atom is 0.308 e. The Hall–Kier alpha value is -1.89. The summed E-state index contributed by atoms with van der Waals surface area (Å²) in [5.41, 5.74) is 0.118. The van der Waals surface area contributed by atoms with Gasteiger partial charge >= 0.3 is 5.97 Å². The molecule has 1 atom stereocenters. The number of carboxylic acids is 1. The summed E-state index contributed by atoms with van der Waals surface area (Å²) < 4.78 is 24.9. The Bertz CT molecular complexity index is 711. The minimum atomic E-state index is -3.58. The van der Waals surface area contributed by atoms with E-state index in [1.807, 2.05) is 0 Å². The molecule has 1 aromatic rings. The summed E-state index contributed by atoms with van der Waals surface area (Å²) in [7, 11) is -3.58. The number of sulfone groups is 1. The van der Waals surface area contributed by atoms with Gasteiger partial charge in [0.1, 0.15) is 0 Å². The lowest BCUT2D eigenvalue weighted by Crippen LogP contribution is -2.42. The molecule has 2 rings (SSSR count). The van der Waals surface area contributed by atoms with E-state index in [-0.39, 0.29) is 17.0 Å². The van der Waals surface area contributed by atoms with Crippen molar-refractivity contribution in [3.8, 4) is 0 Å². The Morgan fingerprint density at radius 3 is 2.52 bits per heavy atom. The van der Waals surface area contributed by atoms with E-state index in [0.29, 0.717) is 19.4 Å². The summed E-state index contributed by atoms with van der Waals surface area (Å²) in [4.78, 5) is 25.3. The second-order valence-electron chi connectivity index (χ2n) is 6.02. The predicted molar refractivity (Wildman–Crippen MR) is 85.0 cm³/mol. The van der Waals surface area contributed by atoms with Gasteiger partial charge in [-0.05, 0) is 38.8 Å².